The number of pyridine rings is 1. The van der Waals surface area contributed by atoms with E-state index in [4.69, 9.17) is 32.0 Å². The second-order valence-corrected chi connectivity index (χ2v) is 14.4. The second-order valence-electron chi connectivity index (χ2n) is 10.8. The van der Waals surface area contributed by atoms with E-state index in [-0.39, 0.29) is 35.8 Å². The van der Waals surface area contributed by atoms with E-state index in [2.05, 4.69) is 9.88 Å². The Labute approximate surface area is 233 Å². The molecule has 0 saturated carbocycles. The molecule has 2 aromatic rings. The van der Waals surface area contributed by atoms with Gasteiger partial charge in [-0.05, 0) is 32.8 Å². The highest BCUT2D eigenvalue weighted by atomic mass is 35.5. The van der Waals surface area contributed by atoms with Crippen LogP contribution in [0.1, 0.15) is 31.2 Å². The Morgan fingerprint density at radius 3 is 2.55 bits per heavy atom. The fourth-order valence-corrected chi connectivity index (χ4v) is 7.99. The van der Waals surface area contributed by atoms with E-state index in [0.717, 1.165) is 36.5 Å². The third kappa shape index (κ3) is 5.48. The van der Waals surface area contributed by atoms with Gasteiger partial charge in [-0.2, -0.15) is 0 Å². The van der Waals surface area contributed by atoms with Crippen LogP contribution in [0.5, 0.6) is 0 Å². The van der Waals surface area contributed by atoms with E-state index in [9.17, 15) is 13.5 Å². The number of hydrogen-bond donors (Lipinski definition) is 2. The first-order chi connectivity index (χ1) is 18.0. The maximum atomic E-state index is 11.6. The van der Waals surface area contributed by atoms with Crippen molar-refractivity contribution in [2.45, 2.75) is 55.4 Å². The third-order valence-corrected chi connectivity index (χ3v) is 10.7. The molecular formula is C25H35ClN6O4S2. The highest BCUT2D eigenvalue weighted by Gasteiger charge is 2.47. The molecule has 3 aliphatic rings. The van der Waals surface area contributed by atoms with Crippen LogP contribution in [0.3, 0.4) is 0 Å². The van der Waals surface area contributed by atoms with E-state index in [1.807, 2.05) is 24.8 Å². The van der Waals surface area contributed by atoms with Crippen molar-refractivity contribution in [3.63, 3.8) is 0 Å². The molecule has 0 radical (unpaired) electrons. The quantitative estimate of drug-likeness (QED) is 0.498. The Bertz CT molecular complexity index is 1300. The minimum absolute atomic E-state index is 0.00460. The molecule has 0 aliphatic carbocycles. The first kappa shape index (κ1) is 27.9. The topological polar surface area (TPSA) is 135 Å². The maximum absolute atomic E-state index is 11.6. The molecule has 5 rings (SSSR count). The minimum Gasteiger partial charge on any atom is -0.390 e. The molecule has 0 bridgehead atoms. The lowest BCUT2D eigenvalue weighted by Crippen LogP contribution is -2.51. The number of halogens is 1. The van der Waals surface area contributed by atoms with Gasteiger partial charge in [-0.15, -0.1) is 0 Å². The van der Waals surface area contributed by atoms with Gasteiger partial charge < -0.3 is 25.4 Å². The summed E-state index contributed by atoms with van der Waals surface area (Å²) < 4.78 is 29.0. The summed E-state index contributed by atoms with van der Waals surface area (Å²) in [6.07, 6.45) is 4.85. The van der Waals surface area contributed by atoms with Crippen LogP contribution in [0, 0.1) is 18.3 Å². The molecule has 5 heterocycles. The Morgan fingerprint density at radius 2 is 1.95 bits per heavy atom. The van der Waals surface area contributed by atoms with E-state index < -0.39 is 9.84 Å². The fourth-order valence-electron chi connectivity index (χ4n) is 5.71. The third-order valence-electron chi connectivity index (χ3n) is 7.97. The average Bonchev–Trinajstić information content (AvgIpc) is 3.12. The van der Waals surface area contributed by atoms with Crippen molar-refractivity contribution in [1.82, 2.24) is 15.0 Å². The number of anilines is 2. The summed E-state index contributed by atoms with van der Waals surface area (Å²) >= 11 is 8.13. The molecule has 13 heteroatoms. The predicted octanol–water partition coefficient (Wildman–Crippen LogP) is 2.29. The zero-order valence-corrected chi connectivity index (χ0v) is 24.3. The molecule has 3 fully saturated rings. The lowest BCUT2D eigenvalue weighted by atomic mass is 9.73. The molecule has 0 unspecified atom stereocenters. The second kappa shape index (κ2) is 10.7. The standard InChI is InChI=1S/C25H35ClN6O4S2/c1-15-24(37-19-4-7-28-23(20(19)26)32-10-17(11-32)13-38(3,34)35)30-18(12-33)22(29-15)31-8-5-25(6-9-31)14-36-16(2)21(25)27/h4,7,16-17,21,33H,5-6,8-14,27H2,1-3H3/t16-,21+/m0/s1. The molecule has 1 spiro atoms. The lowest BCUT2D eigenvalue weighted by molar-refractivity contribution is 0.0973. The van der Waals surface area contributed by atoms with Crippen LogP contribution in [0.15, 0.2) is 22.2 Å². The normalized spacial score (nSPS) is 23.7. The van der Waals surface area contributed by atoms with Crippen LogP contribution >= 0.6 is 23.4 Å². The van der Waals surface area contributed by atoms with Crippen LogP contribution < -0.4 is 15.5 Å². The number of nitrogens with two attached hydrogens (primary N) is 1. The fraction of sp³-hybridized carbons (Fsp3) is 0.640. The summed E-state index contributed by atoms with van der Waals surface area (Å²) in [7, 11) is -3.02. The Morgan fingerprint density at radius 1 is 1.24 bits per heavy atom. The van der Waals surface area contributed by atoms with E-state index in [1.54, 1.807) is 6.20 Å². The number of aliphatic hydroxyl groups is 1. The van der Waals surface area contributed by atoms with Crippen molar-refractivity contribution < 1.29 is 18.3 Å². The van der Waals surface area contributed by atoms with Gasteiger partial charge in [0.2, 0.25) is 0 Å². The van der Waals surface area contributed by atoms with E-state index in [0.29, 0.717) is 47.1 Å². The van der Waals surface area contributed by atoms with Crippen LogP contribution in [0.25, 0.3) is 0 Å². The van der Waals surface area contributed by atoms with Gasteiger partial charge in [-0.1, -0.05) is 23.4 Å². The zero-order chi connectivity index (χ0) is 27.2. The Kier molecular flexibility index (Phi) is 7.84. The Hall–Kier alpha value is -1.70. The van der Waals surface area contributed by atoms with E-state index >= 15 is 0 Å². The summed E-state index contributed by atoms with van der Waals surface area (Å²) in [5, 5.41) is 11.3. The molecule has 3 saturated heterocycles. The number of hydrogen-bond acceptors (Lipinski definition) is 11. The molecule has 0 aromatic carbocycles. The van der Waals surface area contributed by atoms with Crippen LogP contribution in [0.2, 0.25) is 5.02 Å². The van der Waals surface area contributed by atoms with Crippen molar-refractivity contribution in [2.75, 3.05) is 54.6 Å². The number of rotatable bonds is 7. The summed E-state index contributed by atoms with van der Waals surface area (Å²) in [5.74, 6) is 1.59. The SMILES string of the molecule is Cc1nc(N2CCC3(CC2)CO[C@@H](C)[C@H]3N)c(CO)nc1Sc1ccnc(N2CC(CS(C)(=O)=O)C2)c1Cl. The van der Waals surface area contributed by atoms with Crippen LogP contribution in [-0.4, -0.2) is 85.4 Å². The summed E-state index contributed by atoms with van der Waals surface area (Å²) in [6, 6.07) is 1.86. The van der Waals surface area contributed by atoms with Crippen molar-refractivity contribution >= 4 is 44.8 Å². The Balaban J connectivity index is 1.30. The largest absolute Gasteiger partial charge is 0.390 e. The van der Waals surface area contributed by atoms with Crippen molar-refractivity contribution in [3.05, 3.63) is 28.7 Å². The molecule has 3 aliphatic heterocycles. The molecule has 10 nitrogen and oxygen atoms in total. The molecule has 208 valence electrons. The number of piperidine rings is 1. The van der Waals surface area contributed by atoms with Crippen molar-refractivity contribution in [1.29, 1.82) is 0 Å². The lowest BCUT2D eigenvalue weighted by Gasteiger charge is -2.42. The zero-order valence-electron chi connectivity index (χ0n) is 21.9. The van der Waals surface area contributed by atoms with Gasteiger partial charge in [0.05, 0.1) is 35.8 Å². The number of ether oxygens (including phenoxy) is 1. The highest BCUT2D eigenvalue weighted by molar-refractivity contribution is 7.99. The molecule has 3 N–H and O–H groups in total. The molecule has 0 amide bonds. The first-order valence-electron chi connectivity index (χ1n) is 12.9. The monoisotopic (exact) mass is 582 g/mol. The minimum atomic E-state index is -3.02. The molecule has 2 aromatic heterocycles. The van der Waals surface area contributed by atoms with Gasteiger partial charge in [0.25, 0.3) is 0 Å². The summed E-state index contributed by atoms with van der Waals surface area (Å²) in [5.41, 5.74) is 7.77. The summed E-state index contributed by atoms with van der Waals surface area (Å²) in [4.78, 5) is 19.0. The van der Waals surface area contributed by atoms with Gasteiger partial charge in [-0.3, -0.25) is 0 Å². The average molecular weight is 583 g/mol. The van der Waals surface area contributed by atoms with Crippen LogP contribution in [0.4, 0.5) is 11.6 Å². The molecule has 38 heavy (non-hydrogen) atoms. The highest BCUT2D eigenvalue weighted by Crippen LogP contribution is 2.43. The molecular weight excluding hydrogens is 548 g/mol. The maximum Gasteiger partial charge on any atom is 0.153 e. The van der Waals surface area contributed by atoms with Crippen LogP contribution in [-0.2, 0) is 21.2 Å². The van der Waals surface area contributed by atoms with Gasteiger partial charge in [0.1, 0.15) is 26.4 Å². The van der Waals surface area contributed by atoms with Crippen molar-refractivity contribution in [3.8, 4) is 0 Å². The van der Waals surface area contributed by atoms with Crippen molar-refractivity contribution in [2.24, 2.45) is 17.1 Å². The molecule has 2 atom stereocenters. The smallest absolute Gasteiger partial charge is 0.153 e. The number of aromatic nitrogens is 3. The number of nitrogens with zero attached hydrogens (tertiary/aromatic N) is 5. The van der Waals surface area contributed by atoms with Gasteiger partial charge in [-0.25, -0.2) is 23.4 Å². The summed E-state index contributed by atoms with van der Waals surface area (Å²) in [6.45, 7) is 7.20. The van der Waals surface area contributed by atoms with Gasteiger partial charge >= 0.3 is 0 Å². The number of sulfone groups is 1. The first-order valence-corrected chi connectivity index (χ1v) is 16.1. The number of aryl methyl sites for hydroxylation is 1. The van der Waals surface area contributed by atoms with E-state index in [1.165, 1.54) is 18.0 Å². The number of aliphatic hydroxyl groups excluding tert-OH is 1. The van der Waals surface area contributed by atoms with Gasteiger partial charge in [0.15, 0.2) is 5.82 Å². The predicted molar refractivity (Wildman–Crippen MR) is 149 cm³/mol. The van der Waals surface area contributed by atoms with Gasteiger partial charge in [0, 0.05) is 60.9 Å².